The minimum absolute atomic E-state index is 0.0943. The van der Waals surface area contributed by atoms with Crippen molar-refractivity contribution in [1.82, 2.24) is 10.2 Å². The number of amides is 1. The number of aromatic hydroxyl groups is 1. The first-order valence-corrected chi connectivity index (χ1v) is 7.11. The lowest BCUT2D eigenvalue weighted by Crippen LogP contribution is -2.38. The molecular weight excluding hydrogens is 280 g/mol. The Balaban J connectivity index is 1.72. The van der Waals surface area contributed by atoms with Crippen LogP contribution in [0.4, 0.5) is 0 Å². The summed E-state index contributed by atoms with van der Waals surface area (Å²) in [5, 5.41) is 12.9. The maximum atomic E-state index is 11.9. The Morgan fingerprint density at radius 1 is 1.40 bits per heavy atom. The van der Waals surface area contributed by atoms with Gasteiger partial charge in [-0.05, 0) is 31.2 Å². The van der Waals surface area contributed by atoms with Crippen LogP contribution in [0.15, 0.2) is 18.2 Å². The minimum Gasteiger partial charge on any atom is -0.507 e. The SMILES string of the molecule is O=C(NCCCN1CCOCC1)c1ccc(Cl)cc1O. The van der Waals surface area contributed by atoms with Gasteiger partial charge in [-0.3, -0.25) is 9.69 Å². The maximum Gasteiger partial charge on any atom is 0.255 e. The van der Waals surface area contributed by atoms with E-state index in [-0.39, 0.29) is 17.2 Å². The summed E-state index contributed by atoms with van der Waals surface area (Å²) in [5.74, 6) is -0.371. The number of ether oxygens (including phenoxy) is 1. The first-order valence-electron chi connectivity index (χ1n) is 6.73. The summed E-state index contributed by atoms with van der Waals surface area (Å²) in [5.41, 5.74) is 0.251. The third-order valence-electron chi connectivity index (χ3n) is 3.24. The van der Waals surface area contributed by atoms with E-state index < -0.39 is 0 Å². The number of hydrogen-bond donors (Lipinski definition) is 2. The number of morpholine rings is 1. The van der Waals surface area contributed by atoms with Gasteiger partial charge in [0.2, 0.25) is 0 Å². The largest absolute Gasteiger partial charge is 0.507 e. The molecule has 1 fully saturated rings. The van der Waals surface area contributed by atoms with Crippen molar-refractivity contribution in [1.29, 1.82) is 0 Å². The third-order valence-corrected chi connectivity index (χ3v) is 3.48. The first kappa shape index (κ1) is 15.1. The molecule has 1 aliphatic heterocycles. The van der Waals surface area contributed by atoms with Crippen LogP contribution in [-0.4, -0.2) is 55.3 Å². The number of carbonyl (C=O) groups excluding carboxylic acids is 1. The van der Waals surface area contributed by atoms with Crippen molar-refractivity contribution >= 4 is 17.5 Å². The van der Waals surface area contributed by atoms with E-state index in [0.717, 1.165) is 39.3 Å². The second-order valence-electron chi connectivity index (χ2n) is 4.72. The zero-order valence-corrected chi connectivity index (χ0v) is 12.0. The van der Waals surface area contributed by atoms with Crippen molar-refractivity contribution in [3.8, 4) is 5.75 Å². The molecule has 2 N–H and O–H groups in total. The quantitative estimate of drug-likeness (QED) is 0.809. The van der Waals surface area contributed by atoms with E-state index in [2.05, 4.69) is 10.2 Å². The van der Waals surface area contributed by atoms with E-state index in [0.29, 0.717) is 11.6 Å². The van der Waals surface area contributed by atoms with Gasteiger partial charge in [-0.25, -0.2) is 0 Å². The number of halogens is 1. The fourth-order valence-electron chi connectivity index (χ4n) is 2.12. The molecule has 0 aliphatic carbocycles. The van der Waals surface area contributed by atoms with Gasteiger partial charge in [-0.2, -0.15) is 0 Å². The summed E-state index contributed by atoms with van der Waals surface area (Å²) in [6, 6.07) is 4.48. The monoisotopic (exact) mass is 298 g/mol. The molecule has 5 nitrogen and oxygen atoms in total. The Kier molecular flexibility index (Phi) is 5.64. The lowest BCUT2D eigenvalue weighted by atomic mass is 10.2. The Bertz CT molecular complexity index is 462. The highest BCUT2D eigenvalue weighted by Crippen LogP contribution is 2.21. The number of benzene rings is 1. The summed E-state index contributed by atoms with van der Waals surface area (Å²) in [7, 11) is 0. The first-order chi connectivity index (χ1) is 9.66. The third kappa shape index (κ3) is 4.37. The van der Waals surface area contributed by atoms with Gasteiger partial charge < -0.3 is 15.2 Å². The van der Waals surface area contributed by atoms with Gasteiger partial charge in [0.25, 0.3) is 5.91 Å². The lowest BCUT2D eigenvalue weighted by molar-refractivity contribution is 0.0374. The molecule has 0 aromatic heterocycles. The van der Waals surface area contributed by atoms with Crippen molar-refractivity contribution in [2.24, 2.45) is 0 Å². The van der Waals surface area contributed by atoms with Gasteiger partial charge >= 0.3 is 0 Å². The Hall–Kier alpha value is -1.30. The molecule has 1 aromatic rings. The molecule has 1 aliphatic rings. The zero-order valence-electron chi connectivity index (χ0n) is 11.3. The smallest absolute Gasteiger partial charge is 0.255 e. The molecule has 1 aromatic carbocycles. The lowest BCUT2D eigenvalue weighted by Gasteiger charge is -2.26. The molecule has 110 valence electrons. The fraction of sp³-hybridized carbons (Fsp3) is 0.500. The Labute approximate surface area is 123 Å². The van der Waals surface area contributed by atoms with E-state index in [9.17, 15) is 9.90 Å². The van der Waals surface area contributed by atoms with Gasteiger partial charge in [-0.15, -0.1) is 0 Å². The molecule has 0 radical (unpaired) electrons. The number of hydrogen-bond acceptors (Lipinski definition) is 4. The van der Waals surface area contributed by atoms with Crippen molar-refractivity contribution in [3.05, 3.63) is 28.8 Å². The topological polar surface area (TPSA) is 61.8 Å². The average molecular weight is 299 g/mol. The van der Waals surface area contributed by atoms with Crippen LogP contribution >= 0.6 is 11.6 Å². The van der Waals surface area contributed by atoms with Crippen molar-refractivity contribution in [2.75, 3.05) is 39.4 Å². The van der Waals surface area contributed by atoms with Crippen LogP contribution in [0.3, 0.4) is 0 Å². The van der Waals surface area contributed by atoms with Gasteiger partial charge in [-0.1, -0.05) is 11.6 Å². The molecule has 2 rings (SSSR count). The predicted octanol–water partition coefficient (Wildman–Crippen LogP) is 1.50. The molecule has 1 heterocycles. The molecular formula is C14H19ClN2O3. The summed E-state index contributed by atoms with van der Waals surface area (Å²) >= 11 is 5.73. The van der Waals surface area contributed by atoms with Crippen LogP contribution in [0, 0.1) is 0 Å². The number of rotatable bonds is 5. The van der Waals surface area contributed by atoms with Crippen LogP contribution in [0.25, 0.3) is 0 Å². The van der Waals surface area contributed by atoms with Gasteiger partial charge in [0.15, 0.2) is 0 Å². The molecule has 0 unspecified atom stereocenters. The second-order valence-corrected chi connectivity index (χ2v) is 5.16. The standard InChI is InChI=1S/C14H19ClN2O3/c15-11-2-3-12(13(18)10-11)14(19)16-4-1-5-17-6-8-20-9-7-17/h2-3,10,18H,1,4-9H2,(H,16,19). The second kappa shape index (κ2) is 7.47. The number of nitrogens with zero attached hydrogens (tertiary/aromatic N) is 1. The number of phenols is 1. The predicted molar refractivity (Wildman–Crippen MR) is 77.3 cm³/mol. The summed E-state index contributed by atoms with van der Waals surface area (Å²) in [6.45, 7) is 4.99. The zero-order chi connectivity index (χ0) is 14.4. The number of phenolic OH excluding ortho intramolecular Hbond substituents is 1. The van der Waals surface area contributed by atoms with Crippen molar-refractivity contribution < 1.29 is 14.6 Å². The normalized spacial score (nSPS) is 16.1. The molecule has 0 spiro atoms. The molecule has 1 saturated heterocycles. The molecule has 20 heavy (non-hydrogen) atoms. The van der Waals surface area contributed by atoms with E-state index in [1.54, 1.807) is 6.07 Å². The maximum absolute atomic E-state index is 11.9. The van der Waals surface area contributed by atoms with Crippen LogP contribution in [0.5, 0.6) is 5.75 Å². The van der Waals surface area contributed by atoms with Crippen LogP contribution in [0.1, 0.15) is 16.8 Å². The molecule has 0 bridgehead atoms. The number of carbonyl (C=O) groups is 1. The highest BCUT2D eigenvalue weighted by Gasteiger charge is 2.12. The summed E-state index contributed by atoms with van der Waals surface area (Å²) < 4.78 is 5.27. The Morgan fingerprint density at radius 3 is 2.85 bits per heavy atom. The highest BCUT2D eigenvalue weighted by molar-refractivity contribution is 6.30. The van der Waals surface area contributed by atoms with Gasteiger partial charge in [0, 0.05) is 24.7 Å². The van der Waals surface area contributed by atoms with Crippen LogP contribution in [0.2, 0.25) is 5.02 Å². The number of nitrogens with one attached hydrogen (secondary N) is 1. The summed E-state index contributed by atoms with van der Waals surface area (Å²) in [6.07, 6.45) is 0.875. The van der Waals surface area contributed by atoms with E-state index in [4.69, 9.17) is 16.3 Å². The summed E-state index contributed by atoms with van der Waals surface area (Å²) in [4.78, 5) is 14.2. The minimum atomic E-state index is -0.277. The van der Waals surface area contributed by atoms with E-state index >= 15 is 0 Å². The van der Waals surface area contributed by atoms with Gasteiger partial charge in [0.05, 0.1) is 18.8 Å². The van der Waals surface area contributed by atoms with Crippen molar-refractivity contribution in [2.45, 2.75) is 6.42 Å². The van der Waals surface area contributed by atoms with Crippen molar-refractivity contribution in [3.63, 3.8) is 0 Å². The molecule has 0 saturated carbocycles. The Morgan fingerprint density at radius 2 is 2.15 bits per heavy atom. The highest BCUT2D eigenvalue weighted by atomic mass is 35.5. The van der Waals surface area contributed by atoms with Gasteiger partial charge in [0.1, 0.15) is 5.75 Å². The van der Waals surface area contributed by atoms with E-state index in [1.165, 1.54) is 12.1 Å². The average Bonchev–Trinajstić information content (AvgIpc) is 2.44. The molecule has 0 atom stereocenters. The molecule has 1 amide bonds. The molecule has 6 heteroatoms. The van der Waals surface area contributed by atoms with Crippen LogP contribution < -0.4 is 5.32 Å². The fourth-order valence-corrected chi connectivity index (χ4v) is 2.29. The van der Waals surface area contributed by atoms with Crippen LogP contribution in [-0.2, 0) is 4.74 Å². The van der Waals surface area contributed by atoms with E-state index in [1.807, 2.05) is 0 Å².